The van der Waals surface area contributed by atoms with Gasteiger partial charge in [-0.15, -0.1) is 0 Å². The predicted molar refractivity (Wildman–Crippen MR) is 72.9 cm³/mol. The van der Waals surface area contributed by atoms with Crippen molar-refractivity contribution in [3.8, 4) is 5.75 Å². The molecule has 0 heterocycles. The molecule has 0 spiro atoms. The van der Waals surface area contributed by atoms with E-state index in [-0.39, 0.29) is 24.1 Å². The summed E-state index contributed by atoms with van der Waals surface area (Å²) >= 11 is 0. The van der Waals surface area contributed by atoms with Gasteiger partial charge in [-0.05, 0) is 41.8 Å². The maximum Gasteiger partial charge on any atom is 0.165 e. The molecule has 0 bridgehead atoms. The Balaban J connectivity index is 2.17. The Hall–Kier alpha value is -1.94. The molecule has 106 valence electrons. The van der Waals surface area contributed by atoms with E-state index in [0.717, 1.165) is 11.1 Å². The van der Waals surface area contributed by atoms with Crippen LogP contribution in [0.3, 0.4) is 0 Å². The van der Waals surface area contributed by atoms with Crippen molar-refractivity contribution in [2.75, 3.05) is 13.7 Å². The third kappa shape index (κ3) is 3.33. The summed E-state index contributed by atoms with van der Waals surface area (Å²) in [6, 6.07) is 10.7. The molecule has 1 atom stereocenters. The molecule has 2 aromatic rings. The maximum absolute atomic E-state index is 13.6. The molecule has 0 saturated carbocycles. The summed E-state index contributed by atoms with van der Waals surface area (Å²) in [7, 11) is 1.41. The lowest BCUT2D eigenvalue weighted by Gasteiger charge is -2.15. The highest BCUT2D eigenvalue weighted by Crippen LogP contribution is 2.24. The number of methoxy groups -OCH3 is 1. The quantitative estimate of drug-likeness (QED) is 0.909. The maximum atomic E-state index is 13.6. The third-order valence-corrected chi connectivity index (χ3v) is 3.26. The van der Waals surface area contributed by atoms with Crippen molar-refractivity contribution in [3.63, 3.8) is 0 Å². The Morgan fingerprint density at radius 2 is 1.80 bits per heavy atom. The van der Waals surface area contributed by atoms with E-state index < -0.39 is 5.82 Å². The van der Waals surface area contributed by atoms with E-state index in [9.17, 15) is 13.9 Å². The number of benzene rings is 2. The molecule has 2 aromatic carbocycles. The van der Waals surface area contributed by atoms with Gasteiger partial charge in [-0.3, -0.25) is 0 Å². The zero-order chi connectivity index (χ0) is 14.5. The summed E-state index contributed by atoms with van der Waals surface area (Å²) in [5.41, 5.74) is 1.58. The highest BCUT2D eigenvalue weighted by molar-refractivity contribution is 5.31. The van der Waals surface area contributed by atoms with Gasteiger partial charge in [0.2, 0.25) is 0 Å². The van der Waals surface area contributed by atoms with Gasteiger partial charge in [0.15, 0.2) is 11.6 Å². The molecule has 2 nitrogen and oxygen atoms in total. The largest absolute Gasteiger partial charge is 0.494 e. The van der Waals surface area contributed by atoms with Gasteiger partial charge in [0.05, 0.1) is 13.7 Å². The fourth-order valence-corrected chi connectivity index (χ4v) is 2.14. The van der Waals surface area contributed by atoms with E-state index in [2.05, 4.69) is 0 Å². The van der Waals surface area contributed by atoms with Crippen LogP contribution < -0.4 is 4.74 Å². The second-order valence-electron chi connectivity index (χ2n) is 4.60. The molecule has 4 heteroatoms. The lowest BCUT2D eigenvalue weighted by molar-refractivity contribution is 0.264. The lowest BCUT2D eigenvalue weighted by atomic mass is 9.92. The number of halogens is 2. The molecular weight excluding hydrogens is 262 g/mol. The van der Waals surface area contributed by atoms with Gasteiger partial charge in [0, 0.05) is 5.92 Å². The van der Waals surface area contributed by atoms with E-state index in [1.165, 1.54) is 25.3 Å². The van der Waals surface area contributed by atoms with Gasteiger partial charge < -0.3 is 9.84 Å². The van der Waals surface area contributed by atoms with E-state index in [1.54, 1.807) is 24.3 Å². The first-order valence-corrected chi connectivity index (χ1v) is 6.32. The first kappa shape index (κ1) is 14.5. The van der Waals surface area contributed by atoms with Crippen molar-refractivity contribution in [2.24, 2.45) is 0 Å². The zero-order valence-corrected chi connectivity index (χ0v) is 11.1. The summed E-state index contributed by atoms with van der Waals surface area (Å²) in [6.45, 7) is -0.0840. The normalized spacial score (nSPS) is 12.2. The van der Waals surface area contributed by atoms with Crippen LogP contribution in [0.2, 0.25) is 0 Å². The monoisotopic (exact) mass is 278 g/mol. The van der Waals surface area contributed by atoms with Gasteiger partial charge in [-0.2, -0.15) is 0 Å². The molecule has 0 aromatic heterocycles. The van der Waals surface area contributed by atoms with Crippen molar-refractivity contribution in [3.05, 3.63) is 65.2 Å². The SMILES string of the molecule is COc1ccc(CC(CO)c2ccc(F)cc2)cc1F. The van der Waals surface area contributed by atoms with Gasteiger partial charge in [-0.25, -0.2) is 8.78 Å². The van der Waals surface area contributed by atoms with E-state index >= 15 is 0 Å². The Kier molecular flexibility index (Phi) is 4.69. The molecule has 2 rings (SSSR count). The first-order valence-electron chi connectivity index (χ1n) is 6.32. The average molecular weight is 278 g/mol. The summed E-state index contributed by atoms with van der Waals surface area (Å²) in [6.07, 6.45) is 0.475. The zero-order valence-electron chi connectivity index (χ0n) is 11.1. The minimum Gasteiger partial charge on any atom is -0.494 e. The van der Waals surface area contributed by atoms with E-state index in [0.29, 0.717) is 6.42 Å². The molecule has 0 aliphatic heterocycles. The number of rotatable bonds is 5. The lowest BCUT2D eigenvalue weighted by Crippen LogP contribution is -2.08. The van der Waals surface area contributed by atoms with Crippen LogP contribution in [0.4, 0.5) is 8.78 Å². The summed E-state index contributed by atoms with van der Waals surface area (Å²) in [5.74, 6) is -0.749. The summed E-state index contributed by atoms with van der Waals surface area (Å²) < 4.78 is 31.4. The number of ether oxygens (including phenoxy) is 1. The molecule has 0 amide bonds. The first-order chi connectivity index (χ1) is 9.63. The molecule has 20 heavy (non-hydrogen) atoms. The third-order valence-electron chi connectivity index (χ3n) is 3.26. The number of hydrogen-bond donors (Lipinski definition) is 1. The number of aliphatic hydroxyl groups excluding tert-OH is 1. The van der Waals surface area contributed by atoms with Crippen LogP contribution in [0.25, 0.3) is 0 Å². The van der Waals surface area contributed by atoms with Crippen LogP contribution in [-0.4, -0.2) is 18.8 Å². The van der Waals surface area contributed by atoms with Crippen LogP contribution in [0.1, 0.15) is 17.0 Å². The smallest absolute Gasteiger partial charge is 0.165 e. The van der Waals surface area contributed by atoms with Crippen molar-refractivity contribution >= 4 is 0 Å². The van der Waals surface area contributed by atoms with Crippen LogP contribution in [-0.2, 0) is 6.42 Å². The minimum absolute atomic E-state index is 0.0840. The van der Waals surface area contributed by atoms with Gasteiger partial charge in [0.1, 0.15) is 5.82 Å². The predicted octanol–water partition coefficient (Wildman–Crippen LogP) is 3.29. The Morgan fingerprint density at radius 1 is 1.10 bits per heavy atom. The highest BCUT2D eigenvalue weighted by atomic mass is 19.1. The van der Waals surface area contributed by atoms with Crippen LogP contribution in [0.15, 0.2) is 42.5 Å². The van der Waals surface area contributed by atoms with Crippen molar-refractivity contribution in [2.45, 2.75) is 12.3 Å². The van der Waals surface area contributed by atoms with Crippen LogP contribution in [0, 0.1) is 11.6 Å². The summed E-state index contributed by atoms with van der Waals surface area (Å²) in [4.78, 5) is 0. The molecule has 1 N–H and O–H groups in total. The second kappa shape index (κ2) is 6.48. The van der Waals surface area contributed by atoms with Gasteiger partial charge in [-0.1, -0.05) is 18.2 Å². The number of aliphatic hydroxyl groups is 1. The molecule has 0 aliphatic rings. The topological polar surface area (TPSA) is 29.5 Å². The fraction of sp³-hybridized carbons (Fsp3) is 0.250. The molecule has 0 radical (unpaired) electrons. The fourth-order valence-electron chi connectivity index (χ4n) is 2.14. The van der Waals surface area contributed by atoms with Crippen LogP contribution in [0.5, 0.6) is 5.75 Å². The standard InChI is InChI=1S/C16H16F2O2/c1-20-16-7-2-11(9-15(16)18)8-13(10-19)12-3-5-14(17)6-4-12/h2-7,9,13,19H,8,10H2,1H3. The average Bonchev–Trinajstić information content (AvgIpc) is 2.46. The van der Waals surface area contributed by atoms with E-state index in [1.807, 2.05) is 0 Å². The van der Waals surface area contributed by atoms with E-state index in [4.69, 9.17) is 4.74 Å². The minimum atomic E-state index is -0.430. The molecule has 0 fully saturated rings. The van der Waals surface area contributed by atoms with Crippen molar-refractivity contribution in [1.82, 2.24) is 0 Å². The Bertz CT molecular complexity index is 567. The van der Waals surface area contributed by atoms with Crippen LogP contribution >= 0.6 is 0 Å². The molecule has 1 unspecified atom stereocenters. The molecule has 0 saturated heterocycles. The Morgan fingerprint density at radius 3 is 2.35 bits per heavy atom. The highest BCUT2D eigenvalue weighted by Gasteiger charge is 2.13. The summed E-state index contributed by atoms with van der Waals surface area (Å²) in [5, 5.41) is 9.47. The Labute approximate surface area is 116 Å². The van der Waals surface area contributed by atoms with Crippen molar-refractivity contribution in [1.29, 1.82) is 0 Å². The van der Waals surface area contributed by atoms with Gasteiger partial charge >= 0.3 is 0 Å². The molecular formula is C16H16F2O2. The molecule has 0 aliphatic carbocycles. The van der Waals surface area contributed by atoms with Crippen molar-refractivity contribution < 1.29 is 18.6 Å². The van der Waals surface area contributed by atoms with Gasteiger partial charge in [0.25, 0.3) is 0 Å². The second-order valence-corrected chi connectivity index (χ2v) is 4.60. The number of hydrogen-bond acceptors (Lipinski definition) is 2.